The molecule has 5 rings (SSSR count). The zero-order valence-electron chi connectivity index (χ0n) is 28.4. The number of aryl methyl sites for hydroxylation is 1. The zero-order chi connectivity index (χ0) is 38.5. The van der Waals surface area contributed by atoms with Crippen LogP contribution in [0.15, 0.2) is 89.8 Å². The molecule has 4 aromatic carbocycles. The van der Waals surface area contributed by atoms with E-state index in [0.29, 0.717) is 18.5 Å². The Morgan fingerprint density at radius 1 is 0.981 bits per heavy atom. The molecule has 2 amide bonds. The predicted octanol–water partition coefficient (Wildman–Crippen LogP) is 8.62. The molecule has 0 spiro atoms. The number of anilines is 1. The number of carbonyl (C=O) groups is 2. The molecular formula is C38H32ClF4N5O4S. The molecule has 0 fully saturated rings. The van der Waals surface area contributed by atoms with Gasteiger partial charge in [0.1, 0.15) is 17.6 Å². The standard InChI is InChI=1S/C38H32ClF4N5O4S/c1-3-5-13-32-28(34(22-44)48(46-32)33-21-25(45-36(49)4-2)17-18-29(33)38(41,42)43)19-24-16-15-23(20-31(24)40)26-10-7-9-14-35(26)53(51,52)47-37(50)27-11-6-8-12-30(27)39/h6-12,14-18,20-21H,3-5,13,19H2,1-2H3,(H,45,49)(H,47,50). The van der Waals surface area contributed by atoms with E-state index in [1.807, 2.05) is 17.7 Å². The number of rotatable bonds is 12. The molecule has 0 aliphatic carbocycles. The minimum Gasteiger partial charge on any atom is -0.326 e. The second-order valence-corrected chi connectivity index (χ2v) is 14.0. The van der Waals surface area contributed by atoms with Gasteiger partial charge in [-0.1, -0.05) is 74.3 Å². The normalized spacial score (nSPS) is 11.6. The van der Waals surface area contributed by atoms with Crippen LogP contribution >= 0.6 is 11.6 Å². The van der Waals surface area contributed by atoms with Crippen LogP contribution in [0.25, 0.3) is 16.8 Å². The molecule has 0 atom stereocenters. The molecule has 0 radical (unpaired) electrons. The number of amides is 2. The lowest BCUT2D eigenvalue weighted by molar-refractivity contribution is -0.137. The number of hydrogen-bond donors (Lipinski definition) is 2. The summed E-state index contributed by atoms with van der Waals surface area (Å²) < 4.78 is 88.4. The summed E-state index contributed by atoms with van der Waals surface area (Å²) >= 11 is 6.07. The van der Waals surface area contributed by atoms with E-state index in [2.05, 4.69) is 10.4 Å². The van der Waals surface area contributed by atoms with Gasteiger partial charge in [-0.15, -0.1) is 0 Å². The second-order valence-electron chi connectivity index (χ2n) is 11.9. The van der Waals surface area contributed by atoms with Crippen molar-refractivity contribution in [3.63, 3.8) is 0 Å². The molecule has 274 valence electrons. The third-order valence-electron chi connectivity index (χ3n) is 8.33. The van der Waals surface area contributed by atoms with Gasteiger partial charge in [0, 0.05) is 29.7 Å². The minimum atomic E-state index is -4.84. The molecule has 0 saturated carbocycles. The second kappa shape index (κ2) is 16.0. The molecule has 1 heterocycles. The van der Waals surface area contributed by atoms with Crippen LogP contribution in [0.5, 0.6) is 0 Å². The molecule has 15 heteroatoms. The third-order valence-corrected chi connectivity index (χ3v) is 10.0. The van der Waals surface area contributed by atoms with Crippen molar-refractivity contribution >= 4 is 39.1 Å². The smallest absolute Gasteiger partial charge is 0.326 e. The summed E-state index contributed by atoms with van der Waals surface area (Å²) in [6.45, 7) is 3.49. The van der Waals surface area contributed by atoms with Crippen LogP contribution in [0, 0.1) is 17.1 Å². The van der Waals surface area contributed by atoms with Crippen LogP contribution in [0.2, 0.25) is 5.02 Å². The van der Waals surface area contributed by atoms with Crippen molar-refractivity contribution in [2.24, 2.45) is 0 Å². The lowest BCUT2D eigenvalue weighted by Gasteiger charge is -2.15. The minimum absolute atomic E-state index is 0.0453. The van der Waals surface area contributed by atoms with E-state index in [4.69, 9.17) is 11.6 Å². The number of nitriles is 1. The number of aromatic nitrogens is 2. The Balaban J connectivity index is 1.54. The number of nitrogens with zero attached hydrogens (tertiary/aromatic N) is 3. The molecule has 2 N–H and O–H groups in total. The van der Waals surface area contributed by atoms with Crippen LogP contribution in [-0.2, 0) is 33.8 Å². The van der Waals surface area contributed by atoms with Gasteiger partial charge in [-0.05, 0) is 66.4 Å². The van der Waals surface area contributed by atoms with E-state index in [-0.39, 0.29) is 68.4 Å². The third kappa shape index (κ3) is 8.59. The first-order chi connectivity index (χ1) is 25.2. The van der Waals surface area contributed by atoms with Gasteiger partial charge in [0.15, 0.2) is 0 Å². The maximum absolute atomic E-state index is 16.0. The number of nitrogens with one attached hydrogen (secondary N) is 2. The predicted molar refractivity (Wildman–Crippen MR) is 192 cm³/mol. The van der Waals surface area contributed by atoms with Gasteiger partial charge in [-0.2, -0.15) is 23.5 Å². The van der Waals surface area contributed by atoms with Gasteiger partial charge in [0.25, 0.3) is 15.9 Å². The highest BCUT2D eigenvalue weighted by Gasteiger charge is 2.36. The fraction of sp³-hybridized carbons (Fsp3) is 0.211. The summed E-state index contributed by atoms with van der Waals surface area (Å²) in [5.74, 6) is -2.17. The monoisotopic (exact) mass is 765 g/mol. The van der Waals surface area contributed by atoms with Crippen LogP contribution in [0.4, 0.5) is 23.2 Å². The molecule has 0 aliphatic rings. The highest BCUT2D eigenvalue weighted by molar-refractivity contribution is 7.90. The summed E-state index contributed by atoms with van der Waals surface area (Å²) in [5.41, 5.74) is -0.985. The first-order valence-electron chi connectivity index (χ1n) is 16.4. The van der Waals surface area contributed by atoms with E-state index in [1.54, 1.807) is 19.1 Å². The lowest BCUT2D eigenvalue weighted by atomic mass is 9.97. The number of carbonyl (C=O) groups excluding carboxylic acids is 2. The van der Waals surface area contributed by atoms with Gasteiger partial charge in [-0.25, -0.2) is 22.2 Å². The average Bonchev–Trinajstić information content (AvgIpc) is 3.47. The highest BCUT2D eigenvalue weighted by Crippen LogP contribution is 2.37. The molecule has 9 nitrogen and oxygen atoms in total. The summed E-state index contributed by atoms with van der Waals surface area (Å²) in [6.07, 6.45) is -3.42. The number of halogens is 5. The van der Waals surface area contributed by atoms with Crippen molar-refractivity contribution in [3.05, 3.63) is 129 Å². The molecule has 0 bridgehead atoms. The fourth-order valence-corrected chi connectivity index (χ4v) is 7.07. The molecular weight excluding hydrogens is 734 g/mol. The molecule has 0 unspecified atom stereocenters. The number of sulfonamides is 1. The maximum Gasteiger partial charge on any atom is 0.418 e. The first kappa shape index (κ1) is 38.7. The molecule has 5 aromatic rings. The van der Waals surface area contributed by atoms with E-state index >= 15 is 4.39 Å². The summed E-state index contributed by atoms with van der Waals surface area (Å²) in [5, 5.41) is 17.3. The Morgan fingerprint density at radius 2 is 1.70 bits per heavy atom. The number of hydrogen-bond acceptors (Lipinski definition) is 6. The van der Waals surface area contributed by atoms with E-state index < -0.39 is 45.1 Å². The first-order valence-corrected chi connectivity index (χ1v) is 18.3. The highest BCUT2D eigenvalue weighted by atomic mass is 35.5. The van der Waals surface area contributed by atoms with Crippen molar-refractivity contribution < 1.29 is 35.6 Å². The Bertz CT molecular complexity index is 2350. The van der Waals surface area contributed by atoms with Crippen LogP contribution in [0.1, 0.15) is 71.5 Å². The van der Waals surface area contributed by atoms with Gasteiger partial charge < -0.3 is 5.32 Å². The lowest BCUT2D eigenvalue weighted by Crippen LogP contribution is -2.31. The van der Waals surface area contributed by atoms with Gasteiger partial charge in [-0.3, -0.25) is 9.59 Å². The largest absolute Gasteiger partial charge is 0.418 e. The van der Waals surface area contributed by atoms with Crippen molar-refractivity contribution in [3.8, 4) is 22.9 Å². The Morgan fingerprint density at radius 3 is 2.36 bits per heavy atom. The van der Waals surface area contributed by atoms with Crippen LogP contribution < -0.4 is 10.0 Å². The van der Waals surface area contributed by atoms with Gasteiger partial charge in [0.05, 0.1) is 32.4 Å². The number of alkyl halides is 3. The molecule has 0 aliphatic heterocycles. The Labute approximate surface area is 308 Å². The summed E-state index contributed by atoms with van der Waals surface area (Å²) in [4.78, 5) is 24.5. The van der Waals surface area contributed by atoms with Crippen molar-refractivity contribution in [1.29, 1.82) is 5.26 Å². The van der Waals surface area contributed by atoms with Gasteiger partial charge in [0.2, 0.25) is 5.91 Å². The Kier molecular flexibility index (Phi) is 11.7. The molecule has 1 aromatic heterocycles. The average molecular weight is 766 g/mol. The molecule has 53 heavy (non-hydrogen) atoms. The number of benzene rings is 4. The van der Waals surface area contributed by atoms with Gasteiger partial charge >= 0.3 is 6.18 Å². The van der Waals surface area contributed by atoms with E-state index in [9.17, 15) is 36.4 Å². The van der Waals surface area contributed by atoms with E-state index in [1.165, 1.54) is 48.5 Å². The zero-order valence-corrected chi connectivity index (χ0v) is 30.0. The maximum atomic E-state index is 16.0. The molecule has 0 saturated heterocycles. The van der Waals surface area contributed by atoms with E-state index in [0.717, 1.165) is 28.9 Å². The quantitative estimate of drug-likeness (QED) is 0.122. The summed E-state index contributed by atoms with van der Waals surface area (Å²) in [7, 11) is -4.48. The SMILES string of the molecule is CCCCc1nn(-c2cc(NC(=O)CC)ccc2C(F)(F)F)c(C#N)c1Cc1ccc(-c2ccccc2S(=O)(=O)NC(=O)c2ccccc2Cl)cc1F. The number of unbranched alkanes of at least 4 members (excludes halogenated alkanes) is 1. The van der Waals surface area contributed by atoms with Crippen molar-refractivity contribution in [2.45, 2.75) is 57.0 Å². The van der Waals surface area contributed by atoms with Crippen molar-refractivity contribution in [1.82, 2.24) is 14.5 Å². The van der Waals surface area contributed by atoms with Crippen LogP contribution in [-0.4, -0.2) is 30.0 Å². The van der Waals surface area contributed by atoms with Crippen molar-refractivity contribution in [2.75, 3.05) is 5.32 Å². The fourth-order valence-electron chi connectivity index (χ4n) is 5.65. The topological polar surface area (TPSA) is 134 Å². The summed E-state index contributed by atoms with van der Waals surface area (Å²) in [6, 6.07) is 20.5. The van der Waals surface area contributed by atoms with Crippen LogP contribution in [0.3, 0.4) is 0 Å². The Hall–Kier alpha value is -5.52.